The lowest BCUT2D eigenvalue weighted by atomic mass is 10.0. The number of rotatable bonds is 7. The zero-order valence-electron chi connectivity index (χ0n) is 11.6. The number of hydrogen-bond acceptors (Lipinski definition) is 4. The van der Waals surface area contributed by atoms with Gasteiger partial charge in [-0.15, -0.1) is 0 Å². The molecule has 0 aromatic heterocycles. The van der Waals surface area contributed by atoms with Crippen LogP contribution in [0.4, 0.5) is 0 Å². The first-order valence-corrected chi connectivity index (χ1v) is 6.23. The Bertz CT molecular complexity index is 280. The van der Waals surface area contributed by atoms with E-state index in [1.54, 1.807) is 0 Å². The zero-order chi connectivity index (χ0) is 14.3. The molecule has 6 nitrogen and oxygen atoms in total. The summed E-state index contributed by atoms with van der Waals surface area (Å²) >= 11 is 0. The number of nitrogens with two attached hydrogens (primary N) is 1. The van der Waals surface area contributed by atoms with E-state index in [0.29, 0.717) is 0 Å². The average molecular weight is 259 g/mol. The van der Waals surface area contributed by atoms with Crippen molar-refractivity contribution in [2.24, 2.45) is 17.6 Å². The topological polar surface area (TPSA) is 104 Å². The summed E-state index contributed by atoms with van der Waals surface area (Å²) in [4.78, 5) is 23.0. The van der Waals surface area contributed by atoms with Crippen molar-refractivity contribution in [3.63, 3.8) is 0 Å². The molecule has 0 aliphatic rings. The van der Waals surface area contributed by atoms with Gasteiger partial charge in [0.2, 0.25) is 11.8 Å². The Balaban J connectivity index is 4.07. The average Bonchev–Trinajstić information content (AvgIpc) is 2.31. The summed E-state index contributed by atoms with van der Waals surface area (Å²) in [5.74, 6) is -0.515. The first-order chi connectivity index (χ1) is 8.29. The smallest absolute Gasteiger partial charge is 0.239 e. The van der Waals surface area contributed by atoms with Gasteiger partial charge < -0.3 is 21.5 Å². The van der Waals surface area contributed by atoms with E-state index in [4.69, 9.17) is 10.8 Å². The SMILES string of the molecule is CC(C)C(CO)NC(=O)CNC(=O)[C@@H](N)C(C)C. The predicted molar refractivity (Wildman–Crippen MR) is 69.7 cm³/mol. The highest BCUT2D eigenvalue weighted by molar-refractivity contribution is 5.87. The van der Waals surface area contributed by atoms with Crippen molar-refractivity contribution >= 4 is 11.8 Å². The van der Waals surface area contributed by atoms with E-state index in [-0.39, 0.29) is 42.8 Å². The van der Waals surface area contributed by atoms with Crippen molar-refractivity contribution in [2.75, 3.05) is 13.2 Å². The van der Waals surface area contributed by atoms with Crippen molar-refractivity contribution in [1.29, 1.82) is 0 Å². The van der Waals surface area contributed by atoms with E-state index in [1.165, 1.54) is 0 Å². The Labute approximate surface area is 108 Å². The third-order valence-electron chi connectivity index (χ3n) is 2.79. The molecule has 0 saturated heterocycles. The number of aliphatic hydroxyl groups excluding tert-OH is 1. The van der Waals surface area contributed by atoms with Crippen molar-refractivity contribution in [1.82, 2.24) is 10.6 Å². The maximum absolute atomic E-state index is 11.5. The molecule has 2 amide bonds. The van der Waals surface area contributed by atoms with Crippen LogP contribution in [0.5, 0.6) is 0 Å². The fraction of sp³-hybridized carbons (Fsp3) is 0.833. The molecule has 0 heterocycles. The van der Waals surface area contributed by atoms with Crippen LogP contribution in [0.1, 0.15) is 27.7 Å². The van der Waals surface area contributed by atoms with Gasteiger partial charge >= 0.3 is 0 Å². The molecule has 0 radical (unpaired) electrons. The van der Waals surface area contributed by atoms with Gasteiger partial charge in [-0.05, 0) is 11.8 Å². The summed E-state index contributed by atoms with van der Waals surface area (Å²) in [6.45, 7) is 7.23. The van der Waals surface area contributed by atoms with Gasteiger partial charge in [0, 0.05) is 0 Å². The van der Waals surface area contributed by atoms with E-state index < -0.39 is 6.04 Å². The minimum absolute atomic E-state index is 0.0221. The number of nitrogens with one attached hydrogen (secondary N) is 2. The number of aliphatic hydroxyl groups is 1. The van der Waals surface area contributed by atoms with Crippen LogP contribution < -0.4 is 16.4 Å². The third kappa shape index (κ3) is 5.97. The number of carbonyl (C=O) groups excluding carboxylic acids is 2. The van der Waals surface area contributed by atoms with Crippen LogP contribution >= 0.6 is 0 Å². The summed E-state index contributed by atoms with van der Waals surface area (Å²) in [5.41, 5.74) is 5.64. The maximum Gasteiger partial charge on any atom is 0.239 e. The summed E-state index contributed by atoms with van der Waals surface area (Å²) in [6, 6.07) is -0.912. The second-order valence-electron chi connectivity index (χ2n) is 5.09. The molecule has 2 atom stereocenters. The van der Waals surface area contributed by atoms with Crippen molar-refractivity contribution in [3.05, 3.63) is 0 Å². The summed E-state index contributed by atoms with van der Waals surface area (Å²) < 4.78 is 0. The number of hydrogen-bond donors (Lipinski definition) is 4. The highest BCUT2D eigenvalue weighted by atomic mass is 16.3. The van der Waals surface area contributed by atoms with Crippen molar-refractivity contribution < 1.29 is 14.7 Å². The fourth-order valence-electron chi connectivity index (χ4n) is 1.27. The van der Waals surface area contributed by atoms with Gasteiger partial charge in [-0.1, -0.05) is 27.7 Å². The lowest BCUT2D eigenvalue weighted by Gasteiger charge is -2.20. The highest BCUT2D eigenvalue weighted by Gasteiger charge is 2.19. The minimum Gasteiger partial charge on any atom is -0.394 e. The molecule has 0 rings (SSSR count). The number of amides is 2. The molecule has 106 valence electrons. The third-order valence-corrected chi connectivity index (χ3v) is 2.79. The molecular formula is C12H25N3O3. The van der Waals surface area contributed by atoms with Gasteiger partial charge in [-0.25, -0.2) is 0 Å². The molecule has 0 bridgehead atoms. The van der Waals surface area contributed by atoms with Gasteiger partial charge in [0.25, 0.3) is 0 Å². The Morgan fingerprint density at radius 3 is 2.11 bits per heavy atom. The highest BCUT2D eigenvalue weighted by Crippen LogP contribution is 2.00. The molecule has 0 fully saturated rings. The standard InChI is InChI=1S/C12H25N3O3/c1-7(2)9(6-16)15-10(17)5-14-12(18)11(13)8(3)4/h7-9,11,16H,5-6,13H2,1-4H3,(H,14,18)(H,15,17)/t9?,11-/m0/s1. The van der Waals surface area contributed by atoms with Crippen LogP contribution in [0.15, 0.2) is 0 Å². The van der Waals surface area contributed by atoms with Crippen LogP contribution in [0, 0.1) is 11.8 Å². The molecule has 0 saturated carbocycles. The molecule has 5 N–H and O–H groups in total. The second-order valence-corrected chi connectivity index (χ2v) is 5.09. The monoisotopic (exact) mass is 259 g/mol. The minimum atomic E-state index is -0.614. The van der Waals surface area contributed by atoms with Gasteiger partial charge in [0.05, 0.1) is 25.2 Å². The first-order valence-electron chi connectivity index (χ1n) is 6.23. The molecule has 0 spiro atoms. The summed E-state index contributed by atoms with van der Waals surface area (Å²) in [6.07, 6.45) is 0. The van der Waals surface area contributed by atoms with Crippen molar-refractivity contribution in [3.8, 4) is 0 Å². The van der Waals surface area contributed by atoms with E-state index in [2.05, 4.69) is 10.6 Å². The quantitative estimate of drug-likeness (QED) is 0.481. The van der Waals surface area contributed by atoms with Gasteiger partial charge in [0.1, 0.15) is 0 Å². The lowest BCUT2D eigenvalue weighted by Crippen LogP contribution is -2.49. The Kier molecular flexibility index (Phi) is 7.54. The van der Waals surface area contributed by atoms with Gasteiger partial charge in [-0.2, -0.15) is 0 Å². The van der Waals surface area contributed by atoms with Crippen LogP contribution in [0.3, 0.4) is 0 Å². The van der Waals surface area contributed by atoms with Crippen LogP contribution in [0.2, 0.25) is 0 Å². The molecule has 18 heavy (non-hydrogen) atoms. The zero-order valence-corrected chi connectivity index (χ0v) is 11.6. The van der Waals surface area contributed by atoms with Crippen molar-refractivity contribution in [2.45, 2.75) is 39.8 Å². The fourth-order valence-corrected chi connectivity index (χ4v) is 1.27. The molecule has 1 unspecified atom stereocenters. The van der Waals surface area contributed by atoms with Crippen LogP contribution in [0.25, 0.3) is 0 Å². The lowest BCUT2D eigenvalue weighted by molar-refractivity contribution is -0.127. The van der Waals surface area contributed by atoms with E-state index in [1.807, 2.05) is 27.7 Å². The summed E-state index contributed by atoms with van der Waals surface area (Å²) in [7, 11) is 0. The van der Waals surface area contributed by atoms with E-state index in [0.717, 1.165) is 0 Å². The molecule has 6 heteroatoms. The molecular weight excluding hydrogens is 234 g/mol. The molecule has 0 aliphatic carbocycles. The van der Waals surface area contributed by atoms with Gasteiger partial charge in [0.15, 0.2) is 0 Å². The maximum atomic E-state index is 11.5. The second kappa shape index (κ2) is 8.05. The Morgan fingerprint density at radius 2 is 1.72 bits per heavy atom. The molecule has 0 aliphatic heterocycles. The molecule has 0 aromatic carbocycles. The Hall–Kier alpha value is -1.14. The van der Waals surface area contributed by atoms with Crippen LogP contribution in [-0.2, 0) is 9.59 Å². The predicted octanol–water partition coefficient (Wildman–Crippen LogP) is -0.781. The first kappa shape index (κ1) is 16.9. The van der Waals surface area contributed by atoms with E-state index >= 15 is 0 Å². The van der Waals surface area contributed by atoms with Crippen LogP contribution in [-0.4, -0.2) is 42.2 Å². The summed E-state index contributed by atoms with van der Waals surface area (Å²) in [5, 5.41) is 14.2. The Morgan fingerprint density at radius 1 is 1.17 bits per heavy atom. The molecule has 0 aromatic rings. The van der Waals surface area contributed by atoms with Gasteiger partial charge in [-0.3, -0.25) is 9.59 Å². The number of carbonyl (C=O) groups is 2. The van der Waals surface area contributed by atoms with E-state index in [9.17, 15) is 9.59 Å². The normalized spacial score (nSPS) is 14.4. The largest absolute Gasteiger partial charge is 0.394 e.